The van der Waals surface area contributed by atoms with Gasteiger partial charge in [0.05, 0.1) is 21.2 Å². The number of aromatic hydroxyl groups is 4. The highest BCUT2D eigenvalue weighted by Crippen LogP contribution is 2.42. The number of nitrogens with zero attached hydrogens (tertiary/aromatic N) is 2. The van der Waals surface area contributed by atoms with Crippen LogP contribution >= 0.6 is 23.5 Å². The predicted molar refractivity (Wildman–Crippen MR) is 122 cm³/mol. The summed E-state index contributed by atoms with van der Waals surface area (Å²) in [5.41, 5.74) is 1.20. The molecule has 6 nitrogen and oxygen atoms in total. The average molecular weight is 443 g/mol. The summed E-state index contributed by atoms with van der Waals surface area (Å²) in [4.78, 5) is 1.20. The maximum absolute atomic E-state index is 10.7. The highest BCUT2D eigenvalue weighted by Gasteiger charge is 2.20. The summed E-state index contributed by atoms with van der Waals surface area (Å²) in [6, 6.07) is 14.1. The third-order valence-electron chi connectivity index (χ3n) is 4.80. The molecule has 0 saturated carbocycles. The smallest absolute Gasteiger partial charge is 0.212 e. The second-order valence-electron chi connectivity index (χ2n) is 6.57. The molecule has 0 spiro atoms. The summed E-state index contributed by atoms with van der Waals surface area (Å²) in [6.07, 6.45) is 0. The second kappa shape index (κ2) is 8.12. The molecule has 156 valence electrons. The SMILES string of the molecule is CCSc1cc(O)n(-c2cccc3c(-n4c(O)cc(SCC)c4O)cccc23)c1O. The number of aromatic nitrogens is 2. The van der Waals surface area contributed by atoms with Gasteiger partial charge in [-0.15, -0.1) is 23.5 Å². The van der Waals surface area contributed by atoms with Crippen LogP contribution in [-0.2, 0) is 0 Å². The van der Waals surface area contributed by atoms with Gasteiger partial charge in [-0.1, -0.05) is 38.1 Å². The summed E-state index contributed by atoms with van der Waals surface area (Å²) < 4.78 is 2.80. The highest BCUT2D eigenvalue weighted by molar-refractivity contribution is 7.99. The van der Waals surface area contributed by atoms with E-state index < -0.39 is 0 Å². The van der Waals surface area contributed by atoms with E-state index in [9.17, 15) is 20.4 Å². The molecular formula is C22H22N2O4S2. The Morgan fingerprint density at radius 3 is 1.43 bits per heavy atom. The van der Waals surface area contributed by atoms with Crippen LogP contribution in [0.3, 0.4) is 0 Å². The van der Waals surface area contributed by atoms with Crippen molar-refractivity contribution in [2.24, 2.45) is 0 Å². The number of hydrogen-bond donors (Lipinski definition) is 4. The summed E-state index contributed by atoms with van der Waals surface area (Å²) >= 11 is 2.89. The summed E-state index contributed by atoms with van der Waals surface area (Å²) in [7, 11) is 0. The van der Waals surface area contributed by atoms with Crippen molar-refractivity contribution in [2.45, 2.75) is 23.6 Å². The van der Waals surface area contributed by atoms with Crippen molar-refractivity contribution in [2.75, 3.05) is 11.5 Å². The van der Waals surface area contributed by atoms with Crippen LogP contribution in [-0.4, -0.2) is 41.1 Å². The molecule has 2 aromatic heterocycles. The lowest BCUT2D eigenvalue weighted by molar-refractivity contribution is 0.397. The quantitative estimate of drug-likeness (QED) is 0.296. The topological polar surface area (TPSA) is 90.8 Å². The van der Waals surface area contributed by atoms with Gasteiger partial charge >= 0.3 is 0 Å². The molecule has 0 atom stereocenters. The Hall–Kier alpha value is -2.84. The maximum atomic E-state index is 10.7. The third-order valence-corrected chi connectivity index (χ3v) is 6.60. The fraction of sp³-hybridized carbons (Fsp3) is 0.182. The first-order valence-corrected chi connectivity index (χ1v) is 11.5. The minimum Gasteiger partial charge on any atom is -0.494 e. The largest absolute Gasteiger partial charge is 0.494 e. The van der Waals surface area contributed by atoms with E-state index >= 15 is 0 Å². The van der Waals surface area contributed by atoms with Crippen molar-refractivity contribution < 1.29 is 20.4 Å². The fourth-order valence-electron chi connectivity index (χ4n) is 3.60. The molecule has 0 aliphatic carbocycles. The number of fused-ring (bicyclic) bond motifs is 1. The van der Waals surface area contributed by atoms with E-state index in [0.29, 0.717) is 21.2 Å². The fourth-order valence-corrected chi connectivity index (χ4v) is 5.04. The Morgan fingerprint density at radius 2 is 1.07 bits per heavy atom. The first kappa shape index (κ1) is 20.4. The molecular weight excluding hydrogens is 420 g/mol. The van der Waals surface area contributed by atoms with Gasteiger partial charge in [-0.05, 0) is 23.6 Å². The van der Waals surface area contributed by atoms with Crippen LogP contribution in [0.15, 0.2) is 58.3 Å². The van der Waals surface area contributed by atoms with Gasteiger partial charge in [0.1, 0.15) is 0 Å². The van der Waals surface area contributed by atoms with Crippen molar-refractivity contribution in [3.05, 3.63) is 48.5 Å². The molecule has 30 heavy (non-hydrogen) atoms. The molecule has 0 amide bonds. The van der Waals surface area contributed by atoms with Crippen LogP contribution in [0.25, 0.3) is 22.1 Å². The molecule has 8 heteroatoms. The lowest BCUT2D eigenvalue weighted by Gasteiger charge is -2.15. The predicted octanol–water partition coefficient (Wildman–Crippen LogP) is 5.47. The molecule has 2 aromatic carbocycles. The van der Waals surface area contributed by atoms with E-state index in [0.717, 1.165) is 22.3 Å². The van der Waals surface area contributed by atoms with Crippen molar-refractivity contribution in [1.82, 2.24) is 9.13 Å². The highest BCUT2D eigenvalue weighted by atomic mass is 32.2. The maximum Gasteiger partial charge on any atom is 0.212 e. The average Bonchev–Trinajstić information content (AvgIpc) is 3.16. The summed E-state index contributed by atoms with van der Waals surface area (Å²) in [5, 5.41) is 43.9. The summed E-state index contributed by atoms with van der Waals surface area (Å²) in [5.74, 6) is 1.36. The Labute approximate surface area is 182 Å². The molecule has 0 unspecified atom stereocenters. The van der Waals surface area contributed by atoms with E-state index in [1.807, 2.05) is 38.1 Å². The number of benzene rings is 2. The van der Waals surface area contributed by atoms with Crippen LogP contribution in [0.1, 0.15) is 13.8 Å². The molecule has 2 heterocycles. The van der Waals surface area contributed by atoms with Gasteiger partial charge in [-0.25, -0.2) is 9.13 Å². The van der Waals surface area contributed by atoms with Gasteiger partial charge in [0.15, 0.2) is 11.8 Å². The molecule has 0 fully saturated rings. The van der Waals surface area contributed by atoms with E-state index in [-0.39, 0.29) is 23.5 Å². The zero-order valence-corrected chi connectivity index (χ0v) is 18.2. The van der Waals surface area contributed by atoms with Gasteiger partial charge in [-0.3, -0.25) is 0 Å². The first-order chi connectivity index (χ1) is 14.5. The van der Waals surface area contributed by atoms with Crippen LogP contribution in [0.4, 0.5) is 0 Å². The van der Waals surface area contributed by atoms with Crippen molar-refractivity contribution in [1.29, 1.82) is 0 Å². The molecule has 4 aromatic rings. The van der Waals surface area contributed by atoms with E-state index in [1.54, 1.807) is 24.3 Å². The second-order valence-corrected chi connectivity index (χ2v) is 9.18. The van der Waals surface area contributed by atoms with Gasteiger partial charge in [0.2, 0.25) is 11.8 Å². The Bertz CT molecular complexity index is 1130. The number of hydrogen-bond acceptors (Lipinski definition) is 6. The number of thioether (sulfide) groups is 2. The van der Waals surface area contributed by atoms with E-state index in [2.05, 4.69) is 0 Å². The first-order valence-electron chi connectivity index (χ1n) is 9.53. The Morgan fingerprint density at radius 1 is 0.667 bits per heavy atom. The molecule has 4 rings (SSSR count). The molecule has 0 aliphatic rings. The molecule has 4 N–H and O–H groups in total. The number of rotatable bonds is 6. The van der Waals surface area contributed by atoms with Crippen LogP contribution in [0, 0.1) is 0 Å². The molecule has 0 saturated heterocycles. The standard InChI is InChI=1S/C22H22N2O4S2/c1-3-29-17-11-19(25)23(21(17)27)15-9-5-8-14-13(15)7-6-10-16(14)24-20(26)12-18(22(24)28)30-4-2/h5-12,25-28H,3-4H2,1-2H3. The monoisotopic (exact) mass is 442 g/mol. The molecule has 0 aliphatic heterocycles. The van der Waals surface area contributed by atoms with E-state index in [4.69, 9.17) is 0 Å². The Kier molecular flexibility index (Phi) is 5.53. The van der Waals surface area contributed by atoms with E-state index in [1.165, 1.54) is 32.7 Å². The third kappa shape index (κ3) is 3.26. The van der Waals surface area contributed by atoms with Crippen molar-refractivity contribution >= 4 is 34.3 Å². The zero-order valence-electron chi connectivity index (χ0n) is 16.5. The Balaban J connectivity index is 1.95. The van der Waals surface area contributed by atoms with Crippen LogP contribution in [0.2, 0.25) is 0 Å². The van der Waals surface area contributed by atoms with Gasteiger partial charge in [0.25, 0.3) is 0 Å². The minimum absolute atomic E-state index is 0.0226. The van der Waals surface area contributed by atoms with Gasteiger partial charge in [0, 0.05) is 22.9 Å². The summed E-state index contributed by atoms with van der Waals surface area (Å²) in [6.45, 7) is 3.95. The lowest BCUT2D eigenvalue weighted by atomic mass is 10.1. The molecule has 0 bridgehead atoms. The molecule has 0 radical (unpaired) electrons. The van der Waals surface area contributed by atoms with Crippen molar-refractivity contribution in [3.8, 4) is 34.9 Å². The minimum atomic E-state index is -0.0605. The van der Waals surface area contributed by atoms with Crippen LogP contribution in [0.5, 0.6) is 23.5 Å². The zero-order chi connectivity index (χ0) is 21.4. The normalized spacial score (nSPS) is 11.4. The van der Waals surface area contributed by atoms with Crippen LogP contribution < -0.4 is 0 Å². The van der Waals surface area contributed by atoms with Gasteiger partial charge in [-0.2, -0.15) is 0 Å². The van der Waals surface area contributed by atoms with Crippen molar-refractivity contribution in [3.63, 3.8) is 0 Å². The van der Waals surface area contributed by atoms with Gasteiger partial charge < -0.3 is 20.4 Å². The lowest BCUT2D eigenvalue weighted by Crippen LogP contribution is -1.98.